The molecule has 3 rings (SSSR count). The second-order valence-electron chi connectivity index (χ2n) is 6.47. The molecule has 9 heteroatoms. The van der Waals surface area contributed by atoms with Crippen molar-refractivity contribution in [2.24, 2.45) is 0 Å². The quantitative estimate of drug-likeness (QED) is 0.800. The van der Waals surface area contributed by atoms with Gasteiger partial charge in [-0.1, -0.05) is 6.07 Å². The second kappa shape index (κ2) is 8.07. The van der Waals surface area contributed by atoms with Crippen molar-refractivity contribution in [1.82, 2.24) is 4.31 Å². The van der Waals surface area contributed by atoms with E-state index in [-0.39, 0.29) is 11.5 Å². The Morgan fingerprint density at radius 3 is 2.29 bits per heavy atom. The van der Waals surface area contributed by atoms with Gasteiger partial charge in [0.1, 0.15) is 10.7 Å². The molecule has 2 aromatic rings. The minimum atomic E-state index is -3.99. The predicted octanol–water partition coefficient (Wildman–Crippen LogP) is 2.82. The fourth-order valence-corrected chi connectivity index (χ4v) is 4.60. The van der Waals surface area contributed by atoms with Crippen LogP contribution in [0.25, 0.3) is 0 Å². The monoisotopic (exact) mass is 405 g/mol. The first-order chi connectivity index (χ1) is 13.3. The van der Waals surface area contributed by atoms with Crippen LogP contribution in [-0.2, 0) is 14.8 Å². The first-order valence-electron chi connectivity index (χ1n) is 8.76. The van der Waals surface area contributed by atoms with Crippen molar-refractivity contribution in [3.8, 4) is 0 Å². The maximum atomic E-state index is 14.2. The fourth-order valence-electron chi connectivity index (χ4n) is 2.99. The maximum absolute atomic E-state index is 14.2. The molecule has 0 unspecified atom stereocenters. The van der Waals surface area contributed by atoms with Gasteiger partial charge in [0, 0.05) is 37.0 Å². The van der Waals surface area contributed by atoms with Crippen molar-refractivity contribution in [3.63, 3.8) is 0 Å². The van der Waals surface area contributed by atoms with Crippen molar-refractivity contribution in [1.29, 1.82) is 0 Å². The molecule has 0 aromatic heterocycles. The molecule has 1 aliphatic rings. The summed E-state index contributed by atoms with van der Waals surface area (Å²) in [4.78, 5) is 23.2. The fraction of sp³-hybridized carbons (Fsp3) is 0.263. The number of nitrogens with zero attached hydrogens (tertiary/aromatic N) is 1. The highest BCUT2D eigenvalue weighted by molar-refractivity contribution is 7.89. The van der Waals surface area contributed by atoms with Crippen LogP contribution >= 0.6 is 0 Å². The summed E-state index contributed by atoms with van der Waals surface area (Å²) >= 11 is 0. The third-order valence-electron chi connectivity index (χ3n) is 4.32. The van der Waals surface area contributed by atoms with E-state index in [0.717, 1.165) is 25.0 Å². The summed E-state index contributed by atoms with van der Waals surface area (Å²) in [6, 6.07) is 9.75. The van der Waals surface area contributed by atoms with Crippen molar-refractivity contribution >= 4 is 33.2 Å². The highest BCUT2D eigenvalue weighted by atomic mass is 32.2. The molecule has 2 aromatic carbocycles. The van der Waals surface area contributed by atoms with Gasteiger partial charge in [0.2, 0.25) is 15.9 Å². The summed E-state index contributed by atoms with van der Waals surface area (Å²) < 4.78 is 40.7. The standard InChI is InChI=1S/C19H20FN3O4S/c1-13(24)21-15-5-4-6-16(12-15)22-19(25)14-7-8-17(20)18(11-14)28(26,27)23-9-2-3-10-23/h4-8,11-12H,2-3,9-10H2,1H3,(H,21,24)(H,22,25). The van der Waals surface area contributed by atoms with Crippen LogP contribution in [-0.4, -0.2) is 37.6 Å². The van der Waals surface area contributed by atoms with Gasteiger partial charge < -0.3 is 10.6 Å². The topological polar surface area (TPSA) is 95.6 Å². The van der Waals surface area contributed by atoms with Gasteiger partial charge in [0.15, 0.2) is 0 Å². The lowest BCUT2D eigenvalue weighted by Gasteiger charge is -2.16. The van der Waals surface area contributed by atoms with E-state index in [4.69, 9.17) is 0 Å². The lowest BCUT2D eigenvalue weighted by Crippen LogP contribution is -2.29. The van der Waals surface area contributed by atoms with E-state index in [9.17, 15) is 22.4 Å². The summed E-state index contributed by atoms with van der Waals surface area (Å²) in [5.41, 5.74) is 0.926. The average Bonchev–Trinajstić information content (AvgIpc) is 3.17. The zero-order chi connectivity index (χ0) is 20.3. The Labute approximate surface area is 162 Å². The Bertz CT molecular complexity index is 1020. The highest BCUT2D eigenvalue weighted by Crippen LogP contribution is 2.25. The zero-order valence-corrected chi connectivity index (χ0v) is 16.1. The highest BCUT2D eigenvalue weighted by Gasteiger charge is 2.30. The Balaban J connectivity index is 1.84. The van der Waals surface area contributed by atoms with Crippen LogP contribution in [0.4, 0.5) is 15.8 Å². The molecule has 1 heterocycles. The van der Waals surface area contributed by atoms with Crippen LogP contribution in [0.15, 0.2) is 47.4 Å². The molecule has 0 atom stereocenters. The molecule has 28 heavy (non-hydrogen) atoms. The van der Waals surface area contributed by atoms with Crippen LogP contribution in [0.1, 0.15) is 30.1 Å². The van der Waals surface area contributed by atoms with Gasteiger partial charge in [-0.15, -0.1) is 0 Å². The predicted molar refractivity (Wildman–Crippen MR) is 103 cm³/mol. The molecule has 0 saturated carbocycles. The van der Waals surface area contributed by atoms with Gasteiger partial charge in [-0.25, -0.2) is 12.8 Å². The number of hydrogen-bond acceptors (Lipinski definition) is 4. The Kier molecular flexibility index (Phi) is 5.76. The molecule has 0 spiro atoms. The molecule has 1 fully saturated rings. The third kappa shape index (κ3) is 4.37. The second-order valence-corrected chi connectivity index (χ2v) is 8.38. The van der Waals surface area contributed by atoms with Gasteiger partial charge in [-0.05, 0) is 49.2 Å². The smallest absolute Gasteiger partial charge is 0.255 e. The molecule has 0 radical (unpaired) electrons. The minimum Gasteiger partial charge on any atom is -0.326 e. The zero-order valence-electron chi connectivity index (χ0n) is 15.2. The molecular weight excluding hydrogens is 385 g/mol. The van der Waals surface area contributed by atoms with Gasteiger partial charge in [0.25, 0.3) is 5.91 Å². The average molecular weight is 405 g/mol. The molecule has 1 saturated heterocycles. The molecule has 1 aliphatic heterocycles. The SMILES string of the molecule is CC(=O)Nc1cccc(NC(=O)c2ccc(F)c(S(=O)(=O)N3CCCC3)c2)c1. The van der Waals surface area contributed by atoms with Crippen LogP contribution in [0.3, 0.4) is 0 Å². The third-order valence-corrected chi connectivity index (χ3v) is 6.23. The first-order valence-corrected chi connectivity index (χ1v) is 10.2. The Hall–Kier alpha value is -2.78. The molecular formula is C19H20FN3O4S. The van der Waals surface area contributed by atoms with Gasteiger partial charge in [-0.2, -0.15) is 4.31 Å². The first kappa shape index (κ1) is 20.0. The lowest BCUT2D eigenvalue weighted by atomic mass is 10.2. The van der Waals surface area contributed by atoms with E-state index in [2.05, 4.69) is 10.6 Å². The number of anilines is 2. The Morgan fingerprint density at radius 1 is 1.00 bits per heavy atom. The molecule has 0 aliphatic carbocycles. The van der Waals surface area contributed by atoms with E-state index >= 15 is 0 Å². The number of sulfonamides is 1. The van der Waals surface area contributed by atoms with Crippen molar-refractivity contribution in [3.05, 3.63) is 53.8 Å². The summed E-state index contributed by atoms with van der Waals surface area (Å²) in [5, 5.41) is 5.22. The van der Waals surface area contributed by atoms with E-state index in [0.29, 0.717) is 24.5 Å². The number of carbonyl (C=O) groups excluding carboxylic acids is 2. The minimum absolute atomic E-state index is 0.0177. The number of carbonyl (C=O) groups is 2. The Morgan fingerprint density at radius 2 is 1.64 bits per heavy atom. The molecule has 0 bridgehead atoms. The molecule has 2 N–H and O–H groups in total. The summed E-state index contributed by atoms with van der Waals surface area (Å²) in [5.74, 6) is -1.73. The van der Waals surface area contributed by atoms with Crippen molar-refractivity contribution in [2.45, 2.75) is 24.7 Å². The maximum Gasteiger partial charge on any atom is 0.255 e. The van der Waals surface area contributed by atoms with E-state index in [1.807, 2.05) is 0 Å². The van der Waals surface area contributed by atoms with Crippen LogP contribution in [0.2, 0.25) is 0 Å². The number of amides is 2. The number of benzene rings is 2. The molecule has 148 valence electrons. The van der Waals surface area contributed by atoms with Gasteiger partial charge in [-0.3, -0.25) is 9.59 Å². The van der Waals surface area contributed by atoms with Gasteiger partial charge in [0.05, 0.1) is 0 Å². The van der Waals surface area contributed by atoms with Crippen LogP contribution < -0.4 is 10.6 Å². The normalized spacial score (nSPS) is 14.6. The van der Waals surface area contributed by atoms with Crippen LogP contribution in [0, 0.1) is 5.82 Å². The molecule has 2 amide bonds. The lowest BCUT2D eigenvalue weighted by molar-refractivity contribution is -0.114. The summed E-state index contributed by atoms with van der Waals surface area (Å²) in [7, 11) is -3.99. The largest absolute Gasteiger partial charge is 0.326 e. The van der Waals surface area contributed by atoms with E-state index in [1.165, 1.54) is 17.3 Å². The molecule has 7 nitrogen and oxygen atoms in total. The number of halogens is 1. The number of hydrogen-bond donors (Lipinski definition) is 2. The summed E-state index contributed by atoms with van der Waals surface area (Å²) in [6.45, 7) is 2.05. The van der Waals surface area contributed by atoms with Crippen molar-refractivity contribution < 1.29 is 22.4 Å². The van der Waals surface area contributed by atoms with E-state index in [1.54, 1.807) is 24.3 Å². The number of rotatable bonds is 5. The van der Waals surface area contributed by atoms with Crippen molar-refractivity contribution in [2.75, 3.05) is 23.7 Å². The van der Waals surface area contributed by atoms with Gasteiger partial charge >= 0.3 is 0 Å². The van der Waals surface area contributed by atoms with E-state index < -0.39 is 26.6 Å². The van der Waals surface area contributed by atoms with Crippen LogP contribution in [0.5, 0.6) is 0 Å². The number of nitrogens with one attached hydrogen (secondary N) is 2. The summed E-state index contributed by atoms with van der Waals surface area (Å²) in [6.07, 6.45) is 1.46.